The van der Waals surface area contributed by atoms with Crippen LogP contribution < -0.4 is 0 Å². The maximum absolute atomic E-state index is 9.50. The van der Waals surface area contributed by atoms with Crippen molar-refractivity contribution in [2.75, 3.05) is 32.7 Å². The molecule has 2 heterocycles. The van der Waals surface area contributed by atoms with Crippen molar-refractivity contribution in [1.82, 2.24) is 9.80 Å². The molecule has 0 aromatic carbocycles. The number of aliphatic hydroxyl groups excluding tert-OH is 2. The van der Waals surface area contributed by atoms with E-state index in [4.69, 9.17) is 0 Å². The number of hydrogen-bond acceptors (Lipinski definition) is 4. The second kappa shape index (κ2) is 6.14. The molecule has 2 aliphatic heterocycles. The molecule has 4 nitrogen and oxygen atoms in total. The fourth-order valence-electron chi connectivity index (χ4n) is 2.98. The zero-order valence-electron chi connectivity index (χ0n) is 10.9. The molecule has 3 atom stereocenters. The highest BCUT2D eigenvalue weighted by Crippen LogP contribution is 2.16. The van der Waals surface area contributed by atoms with E-state index >= 15 is 0 Å². The summed E-state index contributed by atoms with van der Waals surface area (Å²) in [5.41, 5.74) is 0. The Morgan fingerprint density at radius 1 is 1.12 bits per heavy atom. The van der Waals surface area contributed by atoms with E-state index in [-0.39, 0.29) is 12.2 Å². The molecule has 100 valence electrons. The van der Waals surface area contributed by atoms with Crippen molar-refractivity contribution in [2.24, 2.45) is 0 Å². The van der Waals surface area contributed by atoms with Crippen LogP contribution in [0.4, 0.5) is 0 Å². The van der Waals surface area contributed by atoms with Crippen LogP contribution in [0.15, 0.2) is 0 Å². The van der Waals surface area contributed by atoms with Crippen molar-refractivity contribution in [3.05, 3.63) is 0 Å². The summed E-state index contributed by atoms with van der Waals surface area (Å²) in [6, 6.07) is 0.583. The molecular formula is C13H26N2O2. The first-order valence-corrected chi connectivity index (χ1v) is 6.97. The van der Waals surface area contributed by atoms with Gasteiger partial charge < -0.3 is 15.1 Å². The van der Waals surface area contributed by atoms with Crippen LogP contribution in [-0.4, -0.2) is 71.0 Å². The topological polar surface area (TPSA) is 46.9 Å². The van der Waals surface area contributed by atoms with E-state index in [0.717, 1.165) is 45.6 Å². The second-order valence-corrected chi connectivity index (χ2v) is 5.67. The Morgan fingerprint density at radius 2 is 1.82 bits per heavy atom. The minimum absolute atomic E-state index is 0.0962. The van der Waals surface area contributed by atoms with E-state index in [1.165, 1.54) is 12.8 Å². The Kier molecular flexibility index (Phi) is 4.79. The number of rotatable bonds is 5. The lowest BCUT2D eigenvalue weighted by Gasteiger charge is -2.24. The third-order valence-electron chi connectivity index (χ3n) is 4.16. The van der Waals surface area contributed by atoms with Crippen LogP contribution >= 0.6 is 0 Å². The highest BCUT2D eigenvalue weighted by Gasteiger charge is 2.24. The van der Waals surface area contributed by atoms with Crippen LogP contribution in [0.5, 0.6) is 0 Å². The van der Waals surface area contributed by atoms with E-state index in [1.54, 1.807) is 0 Å². The molecule has 2 N–H and O–H groups in total. The summed E-state index contributed by atoms with van der Waals surface area (Å²) < 4.78 is 0. The van der Waals surface area contributed by atoms with Crippen molar-refractivity contribution < 1.29 is 10.2 Å². The van der Waals surface area contributed by atoms with Crippen molar-refractivity contribution in [2.45, 2.75) is 50.9 Å². The first-order chi connectivity index (χ1) is 8.15. The van der Waals surface area contributed by atoms with Crippen LogP contribution in [0.3, 0.4) is 0 Å². The van der Waals surface area contributed by atoms with Crippen molar-refractivity contribution >= 4 is 0 Å². The number of likely N-dealkylation sites (tertiary alicyclic amines) is 2. The molecule has 0 radical (unpaired) electrons. The number of aliphatic hydroxyl groups is 2. The zero-order valence-corrected chi connectivity index (χ0v) is 10.9. The number of nitrogens with zero attached hydrogens (tertiary/aromatic N) is 2. The Hall–Kier alpha value is -0.160. The van der Waals surface area contributed by atoms with Gasteiger partial charge in [0.1, 0.15) is 0 Å². The summed E-state index contributed by atoms with van der Waals surface area (Å²) in [4.78, 5) is 4.75. The smallest absolute Gasteiger partial charge is 0.0679 e. The molecule has 2 rings (SSSR count). The first-order valence-electron chi connectivity index (χ1n) is 6.97. The van der Waals surface area contributed by atoms with Gasteiger partial charge in [0.15, 0.2) is 0 Å². The van der Waals surface area contributed by atoms with E-state index in [2.05, 4.69) is 16.7 Å². The van der Waals surface area contributed by atoms with Crippen LogP contribution in [0.1, 0.15) is 32.6 Å². The molecule has 0 spiro atoms. The quantitative estimate of drug-likeness (QED) is 0.727. The fraction of sp³-hybridized carbons (Fsp3) is 1.00. The predicted molar refractivity (Wildman–Crippen MR) is 68.0 cm³/mol. The third-order valence-corrected chi connectivity index (χ3v) is 4.16. The Bertz CT molecular complexity index is 237. The Morgan fingerprint density at radius 3 is 2.41 bits per heavy atom. The predicted octanol–water partition coefficient (Wildman–Crippen LogP) is 0.288. The average Bonchev–Trinajstić information content (AvgIpc) is 2.88. The summed E-state index contributed by atoms with van der Waals surface area (Å²) in [5.74, 6) is 0. The molecule has 0 aromatic rings. The molecule has 0 aliphatic carbocycles. The lowest BCUT2D eigenvalue weighted by atomic mass is 10.1. The van der Waals surface area contributed by atoms with E-state index in [9.17, 15) is 10.2 Å². The Labute approximate surface area is 104 Å². The van der Waals surface area contributed by atoms with Gasteiger partial charge in [-0.25, -0.2) is 0 Å². The molecule has 2 fully saturated rings. The minimum Gasteiger partial charge on any atom is -0.392 e. The highest BCUT2D eigenvalue weighted by molar-refractivity contribution is 4.79. The van der Waals surface area contributed by atoms with Crippen LogP contribution in [0.25, 0.3) is 0 Å². The fourth-order valence-corrected chi connectivity index (χ4v) is 2.98. The molecule has 4 heteroatoms. The van der Waals surface area contributed by atoms with Gasteiger partial charge >= 0.3 is 0 Å². The van der Waals surface area contributed by atoms with Gasteiger partial charge in [0.05, 0.1) is 12.2 Å². The van der Waals surface area contributed by atoms with Gasteiger partial charge in [0.2, 0.25) is 0 Å². The van der Waals surface area contributed by atoms with Gasteiger partial charge in [-0.05, 0) is 39.2 Å². The number of hydrogen-bond donors (Lipinski definition) is 2. The normalized spacial score (nSPS) is 33.4. The van der Waals surface area contributed by atoms with Crippen molar-refractivity contribution in [1.29, 1.82) is 0 Å². The maximum Gasteiger partial charge on any atom is 0.0679 e. The number of β-amino-alcohol motifs (C(OH)–C–C–N with tert-alkyl or cyclic N) is 2. The van der Waals surface area contributed by atoms with Crippen LogP contribution in [0.2, 0.25) is 0 Å². The monoisotopic (exact) mass is 242 g/mol. The highest BCUT2D eigenvalue weighted by atomic mass is 16.3. The molecule has 0 aromatic heterocycles. The summed E-state index contributed by atoms with van der Waals surface area (Å²) in [5, 5.41) is 18.9. The van der Waals surface area contributed by atoms with Gasteiger partial charge in [-0.3, -0.25) is 4.90 Å². The van der Waals surface area contributed by atoms with Crippen LogP contribution in [0, 0.1) is 0 Å². The van der Waals surface area contributed by atoms with Crippen molar-refractivity contribution in [3.63, 3.8) is 0 Å². The lowest BCUT2D eigenvalue weighted by Crippen LogP contribution is -2.32. The SMILES string of the molecule is CC(CCCN1CCC(O)C1)N1CCC(O)C1. The molecule has 3 unspecified atom stereocenters. The van der Waals surface area contributed by atoms with Gasteiger partial charge in [0, 0.05) is 32.2 Å². The molecule has 2 saturated heterocycles. The largest absolute Gasteiger partial charge is 0.392 e. The lowest BCUT2D eigenvalue weighted by molar-refractivity contribution is 0.155. The van der Waals surface area contributed by atoms with Gasteiger partial charge in [-0.2, -0.15) is 0 Å². The summed E-state index contributed by atoms with van der Waals surface area (Å²) in [6.07, 6.45) is 4.06. The molecular weight excluding hydrogens is 216 g/mol. The molecule has 0 bridgehead atoms. The standard InChI is InChI=1S/C13H26N2O2/c1-11(15-8-5-13(17)10-15)3-2-6-14-7-4-12(16)9-14/h11-13,16-17H,2-10H2,1H3. The van der Waals surface area contributed by atoms with E-state index in [0.29, 0.717) is 6.04 Å². The van der Waals surface area contributed by atoms with E-state index in [1.807, 2.05) is 0 Å². The Balaban J connectivity index is 1.58. The summed E-state index contributed by atoms with van der Waals surface area (Å²) >= 11 is 0. The maximum atomic E-state index is 9.50. The van der Waals surface area contributed by atoms with Crippen molar-refractivity contribution in [3.8, 4) is 0 Å². The first kappa shape index (κ1) is 13.3. The van der Waals surface area contributed by atoms with Gasteiger partial charge in [-0.15, -0.1) is 0 Å². The molecule has 0 saturated carbocycles. The second-order valence-electron chi connectivity index (χ2n) is 5.67. The minimum atomic E-state index is -0.105. The molecule has 2 aliphatic rings. The van der Waals surface area contributed by atoms with Gasteiger partial charge in [-0.1, -0.05) is 0 Å². The van der Waals surface area contributed by atoms with E-state index < -0.39 is 0 Å². The molecule has 17 heavy (non-hydrogen) atoms. The molecule has 0 amide bonds. The average molecular weight is 242 g/mol. The van der Waals surface area contributed by atoms with Gasteiger partial charge in [0.25, 0.3) is 0 Å². The van der Waals surface area contributed by atoms with Crippen LogP contribution in [-0.2, 0) is 0 Å². The zero-order chi connectivity index (χ0) is 12.3. The third kappa shape index (κ3) is 3.91. The summed E-state index contributed by atoms with van der Waals surface area (Å²) in [7, 11) is 0. The summed E-state index contributed by atoms with van der Waals surface area (Å²) in [6.45, 7) is 7.18.